The van der Waals surface area contributed by atoms with Crippen molar-refractivity contribution in [1.29, 1.82) is 0 Å². The maximum Gasteiger partial charge on any atom is 0.194 e. The molecule has 0 spiro atoms. The molecule has 2 fully saturated rings. The second kappa shape index (κ2) is 7.21. The summed E-state index contributed by atoms with van der Waals surface area (Å²) in [6.45, 7) is 4.28. The molecule has 1 aromatic heterocycles. The minimum atomic E-state index is 0.111. The number of anilines is 1. The zero-order chi connectivity index (χ0) is 20.1. The van der Waals surface area contributed by atoms with Crippen LogP contribution in [0.25, 0.3) is 22.0 Å². The average Bonchev–Trinajstić information content (AvgIpc) is 2.83. The van der Waals surface area contributed by atoms with Crippen LogP contribution >= 0.6 is 0 Å². The molecule has 152 valence electrons. The molecule has 2 aliphatic carbocycles. The van der Waals surface area contributed by atoms with Crippen molar-refractivity contribution < 1.29 is 4.79 Å². The molecule has 0 N–H and O–H groups in total. The van der Waals surface area contributed by atoms with E-state index >= 15 is 0 Å². The molecule has 0 unspecified atom stereocenters. The first-order valence-electron chi connectivity index (χ1n) is 11.4. The largest absolute Gasteiger partial charge is 0.354 e. The molecule has 1 saturated carbocycles. The lowest BCUT2D eigenvalue weighted by Gasteiger charge is -2.41. The Hall–Kier alpha value is -2.72. The summed E-state index contributed by atoms with van der Waals surface area (Å²) in [6.07, 6.45) is 6.92. The van der Waals surface area contributed by atoms with Gasteiger partial charge in [-0.05, 0) is 36.1 Å². The molecule has 2 aromatic carbocycles. The topological polar surface area (TPSA) is 36.4 Å². The van der Waals surface area contributed by atoms with Crippen molar-refractivity contribution in [2.75, 3.05) is 31.1 Å². The van der Waals surface area contributed by atoms with Crippen LogP contribution in [0.4, 0.5) is 5.82 Å². The van der Waals surface area contributed by atoms with Crippen LogP contribution in [0, 0.1) is 0 Å². The highest BCUT2D eigenvalue weighted by Crippen LogP contribution is 2.40. The lowest BCUT2D eigenvalue weighted by atomic mass is 9.84. The number of carbonyl (C=O) groups excluding carboxylic acids is 1. The van der Waals surface area contributed by atoms with Crippen molar-refractivity contribution in [3.05, 3.63) is 59.7 Å². The number of hydrogen-bond acceptors (Lipinski definition) is 4. The van der Waals surface area contributed by atoms with Gasteiger partial charge >= 0.3 is 0 Å². The molecule has 0 amide bonds. The molecule has 1 saturated heterocycles. The van der Waals surface area contributed by atoms with Crippen molar-refractivity contribution in [3.8, 4) is 11.1 Å². The molecule has 4 nitrogen and oxygen atoms in total. The fourth-order valence-electron chi connectivity index (χ4n) is 5.66. The van der Waals surface area contributed by atoms with Crippen LogP contribution in [0.1, 0.15) is 48.0 Å². The van der Waals surface area contributed by atoms with E-state index in [-0.39, 0.29) is 5.78 Å². The predicted octanol–water partition coefficient (Wildman–Crippen LogP) is 4.90. The van der Waals surface area contributed by atoms with E-state index in [4.69, 9.17) is 4.98 Å². The Morgan fingerprint density at radius 3 is 2.30 bits per heavy atom. The van der Waals surface area contributed by atoms with Gasteiger partial charge in [0.15, 0.2) is 5.78 Å². The molecule has 1 aliphatic heterocycles. The second-order valence-electron chi connectivity index (χ2n) is 8.92. The van der Waals surface area contributed by atoms with Crippen LogP contribution in [0.2, 0.25) is 0 Å². The zero-order valence-electron chi connectivity index (χ0n) is 17.3. The number of carbonyl (C=O) groups is 1. The summed E-state index contributed by atoms with van der Waals surface area (Å²) in [5, 5.41) is 1.01. The fourth-order valence-corrected chi connectivity index (χ4v) is 5.66. The smallest absolute Gasteiger partial charge is 0.194 e. The van der Waals surface area contributed by atoms with Crippen LogP contribution in [0.5, 0.6) is 0 Å². The third-order valence-corrected chi connectivity index (χ3v) is 7.26. The molecule has 0 atom stereocenters. The van der Waals surface area contributed by atoms with Gasteiger partial charge in [-0.3, -0.25) is 9.69 Å². The maximum atomic E-state index is 13.0. The first-order chi connectivity index (χ1) is 14.8. The summed E-state index contributed by atoms with van der Waals surface area (Å²) in [7, 11) is 0. The molecule has 0 bridgehead atoms. The lowest BCUT2D eigenvalue weighted by molar-refractivity contribution is 0.104. The number of pyridine rings is 1. The van der Waals surface area contributed by atoms with E-state index in [1.807, 2.05) is 36.4 Å². The molecule has 2 heterocycles. The first kappa shape index (κ1) is 18.1. The quantitative estimate of drug-likeness (QED) is 0.482. The van der Waals surface area contributed by atoms with Gasteiger partial charge in [-0.15, -0.1) is 0 Å². The summed E-state index contributed by atoms with van der Waals surface area (Å²) in [6, 6.07) is 16.9. The van der Waals surface area contributed by atoms with E-state index in [9.17, 15) is 4.79 Å². The van der Waals surface area contributed by atoms with Gasteiger partial charge in [0.05, 0.1) is 5.52 Å². The molecule has 3 aromatic rings. The van der Waals surface area contributed by atoms with Gasteiger partial charge < -0.3 is 4.90 Å². The Bertz CT molecular complexity index is 1120. The lowest BCUT2D eigenvalue weighted by Crippen LogP contribution is -2.51. The number of rotatable bonds is 2. The predicted molar refractivity (Wildman–Crippen MR) is 121 cm³/mol. The van der Waals surface area contributed by atoms with Crippen LogP contribution in [-0.2, 0) is 0 Å². The highest BCUT2D eigenvalue weighted by Gasteiger charge is 2.29. The highest BCUT2D eigenvalue weighted by atomic mass is 16.1. The third-order valence-electron chi connectivity index (χ3n) is 7.26. The van der Waals surface area contributed by atoms with Gasteiger partial charge in [-0.2, -0.15) is 0 Å². The van der Waals surface area contributed by atoms with Crippen LogP contribution in [0.15, 0.2) is 48.5 Å². The zero-order valence-corrected chi connectivity index (χ0v) is 17.3. The van der Waals surface area contributed by atoms with Gasteiger partial charge in [0.25, 0.3) is 0 Å². The summed E-state index contributed by atoms with van der Waals surface area (Å²) >= 11 is 0. The van der Waals surface area contributed by atoms with E-state index in [0.717, 1.165) is 71.2 Å². The standard InChI is InChI=1S/C26H27N3O/c30-26-20-10-5-4-9-19(20)22-17-24(27-23-12-6-11-21(26)25(22)23)29-15-13-28(14-16-29)18-7-2-1-3-8-18/h4-6,9-12,17-18H,1-3,7-8,13-16H2. The SMILES string of the molecule is O=C1c2ccccc2-c2cc(N3CCN(C4CCCCC4)CC3)nc3cccc1c23. The first-order valence-corrected chi connectivity index (χ1v) is 11.4. The van der Waals surface area contributed by atoms with E-state index < -0.39 is 0 Å². The Balaban J connectivity index is 1.36. The Kier molecular flexibility index (Phi) is 4.34. The molecule has 6 rings (SSSR count). The Morgan fingerprint density at radius 1 is 0.767 bits per heavy atom. The number of aromatic nitrogens is 1. The van der Waals surface area contributed by atoms with Crippen molar-refractivity contribution in [1.82, 2.24) is 9.88 Å². The van der Waals surface area contributed by atoms with Crippen molar-refractivity contribution >= 4 is 22.5 Å². The minimum Gasteiger partial charge on any atom is -0.354 e. The number of hydrogen-bond donors (Lipinski definition) is 0. The molecular formula is C26H27N3O. The van der Waals surface area contributed by atoms with Gasteiger partial charge in [0.2, 0.25) is 0 Å². The summed E-state index contributed by atoms with van der Waals surface area (Å²) in [4.78, 5) is 23.2. The second-order valence-corrected chi connectivity index (χ2v) is 8.92. The monoisotopic (exact) mass is 397 g/mol. The van der Waals surface area contributed by atoms with Crippen LogP contribution in [-0.4, -0.2) is 47.9 Å². The molecule has 3 aliphatic rings. The third kappa shape index (κ3) is 2.85. The molecule has 0 radical (unpaired) electrons. The molecule has 4 heteroatoms. The fraction of sp³-hybridized carbons (Fsp3) is 0.385. The van der Waals surface area contributed by atoms with Crippen molar-refractivity contribution in [2.24, 2.45) is 0 Å². The van der Waals surface area contributed by atoms with Crippen molar-refractivity contribution in [3.63, 3.8) is 0 Å². The molecular weight excluding hydrogens is 370 g/mol. The normalized spacial score (nSPS) is 19.9. The highest BCUT2D eigenvalue weighted by molar-refractivity contribution is 6.25. The Labute approximate surface area is 177 Å². The van der Waals surface area contributed by atoms with Gasteiger partial charge in [-0.1, -0.05) is 55.7 Å². The average molecular weight is 398 g/mol. The van der Waals surface area contributed by atoms with E-state index in [0.29, 0.717) is 0 Å². The number of fused-ring (bicyclic) bond motifs is 2. The van der Waals surface area contributed by atoms with Gasteiger partial charge in [0.1, 0.15) is 5.82 Å². The number of piperazine rings is 1. The molecule has 30 heavy (non-hydrogen) atoms. The summed E-state index contributed by atoms with van der Waals surface area (Å²) in [5.74, 6) is 1.15. The van der Waals surface area contributed by atoms with Gasteiger partial charge in [0, 0.05) is 48.7 Å². The summed E-state index contributed by atoms with van der Waals surface area (Å²) < 4.78 is 0. The minimum absolute atomic E-state index is 0.111. The van der Waals surface area contributed by atoms with Crippen LogP contribution < -0.4 is 4.90 Å². The van der Waals surface area contributed by atoms with Gasteiger partial charge in [-0.25, -0.2) is 4.98 Å². The number of benzene rings is 2. The van der Waals surface area contributed by atoms with E-state index in [1.165, 1.54) is 32.1 Å². The van der Waals surface area contributed by atoms with E-state index in [2.05, 4.69) is 21.9 Å². The number of nitrogens with zero attached hydrogens (tertiary/aromatic N) is 3. The Morgan fingerprint density at radius 2 is 1.50 bits per heavy atom. The van der Waals surface area contributed by atoms with E-state index in [1.54, 1.807) is 0 Å². The van der Waals surface area contributed by atoms with Crippen molar-refractivity contribution in [2.45, 2.75) is 38.1 Å². The number of ketones is 1. The summed E-state index contributed by atoms with van der Waals surface area (Å²) in [5.41, 5.74) is 4.70. The van der Waals surface area contributed by atoms with Crippen LogP contribution in [0.3, 0.4) is 0 Å². The maximum absolute atomic E-state index is 13.0.